The van der Waals surface area contributed by atoms with Crippen LogP contribution in [0.25, 0.3) is 11.1 Å². The van der Waals surface area contributed by atoms with Crippen molar-refractivity contribution in [2.45, 2.75) is 0 Å². The molecular formula is C14H14O3. The van der Waals surface area contributed by atoms with Gasteiger partial charge in [-0.3, -0.25) is 0 Å². The first-order valence-electron chi connectivity index (χ1n) is 5.26. The Morgan fingerprint density at radius 3 is 2.18 bits per heavy atom. The van der Waals surface area contributed by atoms with Crippen LogP contribution in [0.2, 0.25) is 0 Å². The summed E-state index contributed by atoms with van der Waals surface area (Å²) in [5, 5.41) is 9.27. The van der Waals surface area contributed by atoms with E-state index < -0.39 is 0 Å². The van der Waals surface area contributed by atoms with E-state index in [2.05, 4.69) is 0 Å². The molecule has 2 aromatic rings. The average molecular weight is 230 g/mol. The van der Waals surface area contributed by atoms with Crippen LogP contribution in [0.5, 0.6) is 17.2 Å². The smallest absolute Gasteiger partial charge is 0.126 e. The summed E-state index contributed by atoms with van der Waals surface area (Å²) in [6.07, 6.45) is 0. The van der Waals surface area contributed by atoms with Gasteiger partial charge in [-0.1, -0.05) is 12.1 Å². The molecule has 0 aliphatic carbocycles. The maximum atomic E-state index is 9.27. The number of aromatic hydroxyl groups is 1. The summed E-state index contributed by atoms with van der Waals surface area (Å²) in [4.78, 5) is 0. The highest BCUT2D eigenvalue weighted by Gasteiger charge is 2.07. The normalized spacial score (nSPS) is 10.0. The molecule has 0 aromatic heterocycles. The third-order valence-corrected chi connectivity index (χ3v) is 2.58. The van der Waals surface area contributed by atoms with Crippen molar-refractivity contribution in [1.29, 1.82) is 0 Å². The molecule has 0 amide bonds. The van der Waals surface area contributed by atoms with Crippen LogP contribution >= 0.6 is 0 Å². The van der Waals surface area contributed by atoms with Crippen molar-refractivity contribution in [1.82, 2.24) is 0 Å². The van der Waals surface area contributed by atoms with E-state index in [1.807, 2.05) is 30.3 Å². The van der Waals surface area contributed by atoms with Crippen molar-refractivity contribution in [2.24, 2.45) is 0 Å². The molecule has 0 aliphatic rings. The molecule has 3 nitrogen and oxygen atoms in total. The van der Waals surface area contributed by atoms with Gasteiger partial charge in [0.2, 0.25) is 0 Å². The maximum absolute atomic E-state index is 9.27. The van der Waals surface area contributed by atoms with Gasteiger partial charge in [-0.05, 0) is 35.9 Å². The zero-order valence-corrected chi connectivity index (χ0v) is 9.81. The van der Waals surface area contributed by atoms with Gasteiger partial charge in [-0.2, -0.15) is 0 Å². The van der Waals surface area contributed by atoms with E-state index in [9.17, 15) is 5.11 Å². The number of ether oxygens (including phenoxy) is 2. The summed E-state index contributed by atoms with van der Waals surface area (Å²) in [5.74, 6) is 1.79. The van der Waals surface area contributed by atoms with Gasteiger partial charge in [0.1, 0.15) is 17.2 Å². The minimum Gasteiger partial charge on any atom is -0.508 e. The molecule has 0 bridgehead atoms. The van der Waals surface area contributed by atoms with E-state index in [4.69, 9.17) is 9.47 Å². The summed E-state index contributed by atoms with van der Waals surface area (Å²) >= 11 is 0. The molecule has 1 N–H and O–H groups in total. The van der Waals surface area contributed by atoms with Gasteiger partial charge in [-0.15, -0.1) is 0 Å². The van der Waals surface area contributed by atoms with Crippen LogP contribution < -0.4 is 9.47 Å². The Hall–Kier alpha value is -2.16. The van der Waals surface area contributed by atoms with E-state index in [1.54, 1.807) is 26.4 Å². The predicted molar refractivity (Wildman–Crippen MR) is 66.6 cm³/mol. The highest BCUT2D eigenvalue weighted by molar-refractivity contribution is 5.72. The van der Waals surface area contributed by atoms with Gasteiger partial charge < -0.3 is 14.6 Å². The largest absolute Gasteiger partial charge is 0.508 e. The summed E-state index contributed by atoms with van der Waals surface area (Å²) in [5.41, 5.74) is 1.91. The predicted octanol–water partition coefficient (Wildman–Crippen LogP) is 3.08. The minimum absolute atomic E-state index is 0.246. The summed E-state index contributed by atoms with van der Waals surface area (Å²) in [6.45, 7) is 0. The van der Waals surface area contributed by atoms with Gasteiger partial charge in [0.15, 0.2) is 0 Å². The molecule has 0 atom stereocenters. The van der Waals surface area contributed by atoms with Crippen molar-refractivity contribution in [3.63, 3.8) is 0 Å². The van der Waals surface area contributed by atoms with Gasteiger partial charge in [0.25, 0.3) is 0 Å². The lowest BCUT2D eigenvalue weighted by atomic mass is 10.0. The lowest BCUT2D eigenvalue weighted by Crippen LogP contribution is -1.90. The number of methoxy groups -OCH3 is 2. The van der Waals surface area contributed by atoms with Crippen LogP contribution in [0.4, 0.5) is 0 Å². The highest BCUT2D eigenvalue weighted by Crippen LogP contribution is 2.33. The van der Waals surface area contributed by atoms with Crippen molar-refractivity contribution in [3.05, 3.63) is 42.5 Å². The fraction of sp³-hybridized carbons (Fsp3) is 0.143. The molecule has 2 rings (SSSR count). The second kappa shape index (κ2) is 4.78. The fourth-order valence-corrected chi connectivity index (χ4v) is 1.68. The molecule has 3 heteroatoms. The van der Waals surface area contributed by atoms with E-state index in [1.165, 1.54) is 0 Å². The third kappa shape index (κ3) is 2.33. The number of benzene rings is 2. The van der Waals surface area contributed by atoms with E-state index in [0.29, 0.717) is 0 Å². The molecule has 0 heterocycles. The van der Waals surface area contributed by atoms with Gasteiger partial charge >= 0.3 is 0 Å². The topological polar surface area (TPSA) is 38.7 Å². The molecule has 88 valence electrons. The second-order valence-electron chi connectivity index (χ2n) is 3.61. The number of phenolic OH excluding ortho intramolecular Hbond substituents is 1. The molecular weight excluding hydrogens is 216 g/mol. The Labute approximate surface area is 100 Å². The van der Waals surface area contributed by atoms with Crippen molar-refractivity contribution in [3.8, 4) is 28.4 Å². The van der Waals surface area contributed by atoms with Gasteiger partial charge in [0.05, 0.1) is 14.2 Å². The Bertz CT molecular complexity index is 503. The Kier molecular flexibility index (Phi) is 3.19. The maximum Gasteiger partial charge on any atom is 0.126 e. The molecule has 0 saturated heterocycles. The first-order valence-corrected chi connectivity index (χ1v) is 5.26. The molecule has 0 unspecified atom stereocenters. The van der Waals surface area contributed by atoms with Crippen LogP contribution in [0.3, 0.4) is 0 Å². The second-order valence-corrected chi connectivity index (χ2v) is 3.61. The SMILES string of the molecule is COc1ccc(OC)c(-c2ccc(O)cc2)c1. The number of hydrogen-bond acceptors (Lipinski definition) is 3. The van der Waals surface area contributed by atoms with Crippen LogP contribution in [-0.2, 0) is 0 Å². The quantitative estimate of drug-likeness (QED) is 0.880. The lowest BCUT2D eigenvalue weighted by Gasteiger charge is -2.10. The van der Waals surface area contributed by atoms with Gasteiger partial charge in [-0.25, -0.2) is 0 Å². The van der Waals surface area contributed by atoms with Crippen LogP contribution in [-0.4, -0.2) is 19.3 Å². The van der Waals surface area contributed by atoms with Crippen molar-refractivity contribution < 1.29 is 14.6 Å². The zero-order chi connectivity index (χ0) is 12.3. The van der Waals surface area contributed by atoms with E-state index in [-0.39, 0.29) is 5.75 Å². The molecule has 2 aromatic carbocycles. The third-order valence-electron chi connectivity index (χ3n) is 2.58. The molecule has 0 radical (unpaired) electrons. The number of rotatable bonds is 3. The van der Waals surface area contributed by atoms with Crippen LogP contribution in [0.1, 0.15) is 0 Å². The molecule has 0 aliphatic heterocycles. The zero-order valence-electron chi connectivity index (χ0n) is 9.81. The Morgan fingerprint density at radius 2 is 1.59 bits per heavy atom. The average Bonchev–Trinajstić information content (AvgIpc) is 2.39. The van der Waals surface area contributed by atoms with E-state index in [0.717, 1.165) is 22.6 Å². The summed E-state index contributed by atoms with van der Waals surface area (Å²) < 4.78 is 10.5. The van der Waals surface area contributed by atoms with Crippen molar-refractivity contribution >= 4 is 0 Å². The number of hydrogen-bond donors (Lipinski definition) is 1. The Balaban J connectivity index is 2.51. The monoisotopic (exact) mass is 230 g/mol. The molecule has 0 fully saturated rings. The first kappa shape index (κ1) is 11.3. The van der Waals surface area contributed by atoms with Crippen molar-refractivity contribution in [2.75, 3.05) is 14.2 Å². The standard InChI is InChI=1S/C14H14O3/c1-16-12-7-8-14(17-2)13(9-12)10-3-5-11(15)6-4-10/h3-9,15H,1-2H3. The first-order chi connectivity index (χ1) is 8.24. The lowest BCUT2D eigenvalue weighted by molar-refractivity contribution is 0.404. The fourth-order valence-electron chi connectivity index (χ4n) is 1.68. The Morgan fingerprint density at radius 1 is 0.882 bits per heavy atom. The summed E-state index contributed by atoms with van der Waals surface area (Å²) in [7, 11) is 3.26. The molecule has 17 heavy (non-hydrogen) atoms. The van der Waals surface area contributed by atoms with Gasteiger partial charge in [0, 0.05) is 5.56 Å². The van der Waals surface area contributed by atoms with E-state index >= 15 is 0 Å². The van der Waals surface area contributed by atoms with Crippen LogP contribution in [0, 0.1) is 0 Å². The summed E-state index contributed by atoms with van der Waals surface area (Å²) in [6, 6.07) is 12.6. The molecule has 0 saturated carbocycles. The highest BCUT2D eigenvalue weighted by atomic mass is 16.5. The molecule has 0 spiro atoms. The van der Waals surface area contributed by atoms with Crippen LogP contribution in [0.15, 0.2) is 42.5 Å². The number of phenols is 1. The minimum atomic E-state index is 0.246.